The molecule has 0 saturated carbocycles. The van der Waals surface area contributed by atoms with Crippen LogP contribution in [0.4, 0.5) is 0 Å². The lowest BCUT2D eigenvalue weighted by molar-refractivity contribution is 0.0755. The highest BCUT2D eigenvalue weighted by Gasteiger charge is 2.19. The van der Waals surface area contributed by atoms with Crippen molar-refractivity contribution in [1.29, 1.82) is 0 Å². The summed E-state index contributed by atoms with van der Waals surface area (Å²) in [6, 6.07) is 5.43. The molecule has 1 unspecified atom stereocenters. The molecule has 1 amide bonds. The Morgan fingerprint density at radius 3 is 2.63 bits per heavy atom. The molecule has 0 bridgehead atoms. The number of nitrogens with two attached hydrogens (primary N) is 1. The first kappa shape index (κ1) is 15.9. The van der Waals surface area contributed by atoms with Crippen molar-refractivity contribution in [3.05, 3.63) is 34.3 Å². The molecular formula is C14H19ClN2OS. The molecule has 0 aromatic heterocycles. The van der Waals surface area contributed by atoms with Crippen molar-refractivity contribution in [2.45, 2.75) is 20.8 Å². The smallest absolute Gasteiger partial charge is 0.255 e. The topological polar surface area (TPSA) is 46.3 Å². The van der Waals surface area contributed by atoms with E-state index in [1.165, 1.54) is 0 Å². The molecule has 1 atom stereocenters. The van der Waals surface area contributed by atoms with Gasteiger partial charge in [-0.15, -0.1) is 0 Å². The number of thiocarbonyl (C=S) groups is 1. The number of carbonyl (C=O) groups excluding carboxylic acids is 1. The zero-order valence-corrected chi connectivity index (χ0v) is 13.0. The van der Waals surface area contributed by atoms with Crippen molar-refractivity contribution >= 4 is 34.7 Å². The van der Waals surface area contributed by atoms with Gasteiger partial charge in [0.2, 0.25) is 0 Å². The van der Waals surface area contributed by atoms with Gasteiger partial charge in [-0.3, -0.25) is 4.79 Å². The van der Waals surface area contributed by atoms with Gasteiger partial charge in [0.1, 0.15) is 0 Å². The Hall–Kier alpha value is -1.13. The zero-order chi connectivity index (χ0) is 14.6. The number of rotatable bonds is 5. The monoisotopic (exact) mass is 298 g/mol. The van der Waals surface area contributed by atoms with Gasteiger partial charge < -0.3 is 10.6 Å². The van der Waals surface area contributed by atoms with Crippen LogP contribution in [-0.2, 0) is 0 Å². The average molecular weight is 299 g/mol. The first-order valence-corrected chi connectivity index (χ1v) is 7.00. The van der Waals surface area contributed by atoms with Crippen molar-refractivity contribution < 1.29 is 4.79 Å². The quantitative estimate of drug-likeness (QED) is 0.850. The molecular weight excluding hydrogens is 280 g/mol. The molecule has 0 radical (unpaired) electrons. The molecule has 2 N–H and O–H groups in total. The number of benzene rings is 1. The molecule has 104 valence electrons. The number of hydrogen-bond donors (Lipinski definition) is 1. The molecule has 1 aromatic carbocycles. The summed E-state index contributed by atoms with van der Waals surface area (Å²) >= 11 is 11.1. The predicted molar refractivity (Wildman–Crippen MR) is 83.7 cm³/mol. The minimum absolute atomic E-state index is 0.0110. The van der Waals surface area contributed by atoms with Crippen LogP contribution in [0.25, 0.3) is 0 Å². The summed E-state index contributed by atoms with van der Waals surface area (Å²) in [6.07, 6.45) is 0. The number of amides is 1. The molecule has 3 nitrogen and oxygen atoms in total. The van der Waals surface area contributed by atoms with Crippen molar-refractivity contribution in [1.82, 2.24) is 4.90 Å². The molecule has 1 rings (SSSR count). The molecule has 0 aliphatic rings. The lowest BCUT2D eigenvalue weighted by Crippen LogP contribution is -2.38. The van der Waals surface area contributed by atoms with E-state index in [4.69, 9.17) is 29.6 Å². The van der Waals surface area contributed by atoms with Gasteiger partial charge in [0, 0.05) is 19.0 Å². The molecule has 5 heteroatoms. The van der Waals surface area contributed by atoms with E-state index in [0.717, 1.165) is 5.56 Å². The Labute approximate surface area is 124 Å². The summed E-state index contributed by atoms with van der Waals surface area (Å²) in [7, 11) is 0. The van der Waals surface area contributed by atoms with Crippen LogP contribution in [0, 0.1) is 12.8 Å². The third-order valence-electron chi connectivity index (χ3n) is 3.00. The van der Waals surface area contributed by atoms with Gasteiger partial charge in [-0.25, -0.2) is 0 Å². The molecule has 19 heavy (non-hydrogen) atoms. The van der Waals surface area contributed by atoms with Crippen LogP contribution in [0.15, 0.2) is 18.2 Å². The van der Waals surface area contributed by atoms with E-state index >= 15 is 0 Å². The molecule has 0 spiro atoms. The van der Waals surface area contributed by atoms with Crippen LogP contribution in [0.3, 0.4) is 0 Å². The lowest BCUT2D eigenvalue weighted by atomic mass is 10.1. The summed E-state index contributed by atoms with van der Waals surface area (Å²) in [5, 5.41) is 0.478. The lowest BCUT2D eigenvalue weighted by Gasteiger charge is -2.24. The van der Waals surface area contributed by atoms with Gasteiger partial charge in [-0.2, -0.15) is 0 Å². The van der Waals surface area contributed by atoms with E-state index in [1.54, 1.807) is 17.0 Å². The van der Waals surface area contributed by atoms with Crippen LogP contribution in [0.2, 0.25) is 5.02 Å². The Kier molecular flexibility index (Phi) is 5.76. The van der Waals surface area contributed by atoms with Crippen LogP contribution in [-0.4, -0.2) is 28.9 Å². The number of aryl methyl sites for hydroxylation is 1. The zero-order valence-electron chi connectivity index (χ0n) is 11.4. The minimum Gasteiger partial charge on any atom is -0.393 e. The van der Waals surface area contributed by atoms with Crippen molar-refractivity contribution in [3.63, 3.8) is 0 Å². The van der Waals surface area contributed by atoms with Crippen molar-refractivity contribution in [2.24, 2.45) is 11.7 Å². The fourth-order valence-electron chi connectivity index (χ4n) is 1.74. The first-order valence-electron chi connectivity index (χ1n) is 6.21. The number of halogens is 1. The molecule has 0 aliphatic carbocycles. The second-order valence-corrected chi connectivity index (χ2v) is 5.51. The molecule has 0 heterocycles. The summed E-state index contributed by atoms with van der Waals surface area (Å²) in [5.41, 5.74) is 7.14. The standard InChI is InChI=1S/C14H19ClN2OS/c1-4-17(8-10(3)13(16)19)14(18)11-6-5-9(2)7-12(11)15/h5-7,10H,4,8H2,1-3H3,(H2,16,19). The van der Waals surface area contributed by atoms with E-state index in [2.05, 4.69) is 0 Å². The number of nitrogens with zero attached hydrogens (tertiary/aromatic N) is 1. The second-order valence-electron chi connectivity index (χ2n) is 4.63. The first-order chi connectivity index (χ1) is 8.86. The summed E-state index contributed by atoms with van der Waals surface area (Å²) < 4.78 is 0. The second kappa shape index (κ2) is 6.87. The van der Waals surface area contributed by atoms with Gasteiger partial charge in [0.25, 0.3) is 5.91 Å². The molecule has 0 aliphatic heterocycles. The van der Waals surface area contributed by atoms with Crippen LogP contribution in [0.1, 0.15) is 29.8 Å². The van der Waals surface area contributed by atoms with E-state index < -0.39 is 0 Å². The van der Waals surface area contributed by atoms with E-state index in [1.807, 2.05) is 26.8 Å². The average Bonchev–Trinajstić information content (AvgIpc) is 2.34. The Morgan fingerprint density at radius 2 is 2.16 bits per heavy atom. The van der Waals surface area contributed by atoms with Crippen molar-refractivity contribution in [3.8, 4) is 0 Å². The summed E-state index contributed by atoms with van der Waals surface area (Å²) in [6.45, 7) is 6.87. The SMILES string of the molecule is CCN(CC(C)C(N)=S)C(=O)c1ccc(C)cc1Cl. The molecule has 1 aromatic rings. The van der Waals surface area contributed by atoms with E-state index in [-0.39, 0.29) is 11.8 Å². The highest BCUT2D eigenvalue weighted by atomic mass is 35.5. The van der Waals surface area contributed by atoms with Gasteiger partial charge in [-0.1, -0.05) is 36.8 Å². The van der Waals surface area contributed by atoms with E-state index in [0.29, 0.717) is 28.7 Å². The number of carbonyl (C=O) groups is 1. The van der Waals surface area contributed by atoms with Crippen molar-refractivity contribution in [2.75, 3.05) is 13.1 Å². The van der Waals surface area contributed by atoms with Gasteiger partial charge in [-0.05, 0) is 31.5 Å². The molecule has 0 fully saturated rings. The van der Waals surface area contributed by atoms with Crippen LogP contribution in [0.5, 0.6) is 0 Å². The molecule has 0 saturated heterocycles. The fourth-order valence-corrected chi connectivity index (χ4v) is 2.13. The van der Waals surface area contributed by atoms with Crippen LogP contribution < -0.4 is 5.73 Å². The largest absolute Gasteiger partial charge is 0.393 e. The maximum Gasteiger partial charge on any atom is 0.255 e. The summed E-state index contributed by atoms with van der Waals surface area (Å²) in [4.78, 5) is 14.6. The highest BCUT2D eigenvalue weighted by Crippen LogP contribution is 2.20. The predicted octanol–water partition coefficient (Wildman–Crippen LogP) is 3.03. The highest BCUT2D eigenvalue weighted by molar-refractivity contribution is 7.80. The van der Waals surface area contributed by atoms with Crippen LogP contribution >= 0.6 is 23.8 Å². The number of hydrogen-bond acceptors (Lipinski definition) is 2. The maximum atomic E-state index is 12.4. The fraction of sp³-hybridized carbons (Fsp3) is 0.429. The maximum absolute atomic E-state index is 12.4. The Balaban J connectivity index is 2.92. The van der Waals surface area contributed by atoms with Gasteiger partial charge in [0.15, 0.2) is 0 Å². The van der Waals surface area contributed by atoms with Gasteiger partial charge in [0.05, 0.1) is 15.6 Å². The Morgan fingerprint density at radius 1 is 1.53 bits per heavy atom. The van der Waals surface area contributed by atoms with Gasteiger partial charge >= 0.3 is 0 Å². The Bertz CT molecular complexity index is 490. The summed E-state index contributed by atoms with van der Waals surface area (Å²) in [5.74, 6) is -0.0984. The van der Waals surface area contributed by atoms with E-state index in [9.17, 15) is 4.79 Å². The third-order valence-corrected chi connectivity index (χ3v) is 3.72. The normalized spacial score (nSPS) is 12.0. The third kappa shape index (κ3) is 4.18. The minimum atomic E-state index is -0.0874.